The van der Waals surface area contributed by atoms with Gasteiger partial charge in [-0.2, -0.15) is 13.2 Å². The lowest BCUT2D eigenvalue weighted by Crippen LogP contribution is -2.34. The van der Waals surface area contributed by atoms with E-state index >= 15 is 0 Å². The van der Waals surface area contributed by atoms with Gasteiger partial charge >= 0.3 is 6.18 Å². The van der Waals surface area contributed by atoms with Crippen molar-refractivity contribution in [2.75, 3.05) is 6.54 Å². The summed E-state index contributed by atoms with van der Waals surface area (Å²) in [6.45, 7) is 1.37. The molecule has 0 aliphatic carbocycles. The molecule has 21 heavy (non-hydrogen) atoms. The fraction of sp³-hybridized carbons (Fsp3) is 0.500. The van der Waals surface area contributed by atoms with Crippen LogP contribution in [-0.4, -0.2) is 29.6 Å². The highest BCUT2D eigenvalue weighted by atomic mass is 19.4. The first-order chi connectivity index (χ1) is 9.81. The maximum Gasteiger partial charge on any atom is 0.390 e. The van der Waals surface area contributed by atoms with E-state index < -0.39 is 37.2 Å². The topological polar surface area (TPSA) is 32.3 Å². The lowest BCUT2D eigenvalue weighted by molar-refractivity contribution is -0.145. The molecule has 7 heteroatoms. The summed E-state index contributed by atoms with van der Waals surface area (Å²) < 4.78 is 50.1. The molecule has 0 aromatic heterocycles. The summed E-state index contributed by atoms with van der Waals surface area (Å²) >= 11 is 0. The SMILES string of the molecule is CCC1NC(c2ccc(F)cc2)N(CCC(F)(F)F)C1=O. The number of alkyl halides is 3. The van der Waals surface area contributed by atoms with Gasteiger partial charge < -0.3 is 4.90 Å². The van der Waals surface area contributed by atoms with Crippen molar-refractivity contribution in [1.29, 1.82) is 0 Å². The summed E-state index contributed by atoms with van der Waals surface area (Å²) in [7, 11) is 0. The van der Waals surface area contributed by atoms with Crippen LogP contribution in [0.2, 0.25) is 0 Å². The van der Waals surface area contributed by atoms with E-state index in [2.05, 4.69) is 5.32 Å². The van der Waals surface area contributed by atoms with Crippen LogP contribution in [0.25, 0.3) is 0 Å². The average Bonchev–Trinajstić information content (AvgIpc) is 2.73. The largest absolute Gasteiger partial charge is 0.390 e. The second-order valence-electron chi connectivity index (χ2n) is 4.98. The van der Waals surface area contributed by atoms with E-state index in [1.807, 2.05) is 0 Å². The number of rotatable bonds is 4. The molecule has 1 aliphatic heterocycles. The third-order valence-corrected chi connectivity index (χ3v) is 3.48. The minimum Gasteiger partial charge on any atom is -0.321 e. The predicted molar refractivity (Wildman–Crippen MR) is 68.7 cm³/mol. The molecule has 1 saturated heterocycles. The molecule has 1 fully saturated rings. The zero-order valence-electron chi connectivity index (χ0n) is 11.5. The van der Waals surface area contributed by atoms with E-state index in [4.69, 9.17) is 0 Å². The van der Waals surface area contributed by atoms with E-state index in [1.165, 1.54) is 29.2 Å². The van der Waals surface area contributed by atoms with Gasteiger partial charge in [-0.05, 0) is 24.1 Å². The summed E-state index contributed by atoms with van der Waals surface area (Å²) in [4.78, 5) is 13.3. The van der Waals surface area contributed by atoms with E-state index in [1.54, 1.807) is 6.92 Å². The molecule has 0 spiro atoms. The average molecular weight is 304 g/mol. The molecule has 0 radical (unpaired) electrons. The molecule has 0 bridgehead atoms. The van der Waals surface area contributed by atoms with Crippen LogP contribution in [0.5, 0.6) is 0 Å². The number of hydrogen-bond donors (Lipinski definition) is 1. The molecular formula is C14H16F4N2O. The van der Waals surface area contributed by atoms with Gasteiger partial charge in [-0.25, -0.2) is 4.39 Å². The van der Waals surface area contributed by atoms with Gasteiger partial charge in [0, 0.05) is 6.54 Å². The van der Waals surface area contributed by atoms with Crippen molar-refractivity contribution in [2.45, 2.75) is 38.1 Å². The van der Waals surface area contributed by atoms with Gasteiger partial charge in [-0.3, -0.25) is 10.1 Å². The number of nitrogens with zero attached hydrogens (tertiary/aromatic N) is 1. The normalized spacial score (nSPS) is 22.9. The third-order valence-electron chi connectivity index (χ3n) is 3.48. The van der Waals surface area contributed by atoms with Crippen molar-refractivity contribution in [3.05, 3.63) is 35.6 Å². The van der Waals surface area contributed by atoms with Crippen LogP contribution in [0.4, 0.5) is 17.6 Å². The van der Waals surface area contributed by atoms with Crippen LogP contribution >= 0.6 is 0 Å². The number of carbonyl (C=O) groups excluding carboxylic acids is 1. The highest BCUT2D eigenvalue weighted by molar-refractivity contribution is 5.84. The summed E-state index contributed by atoms with van der Waals surface area (Å²) in [5, 5.41) is 3.00. The molecule has 0 saturated carbocycles. The molecule has 1 N–H and O–H groups in total. The lowest BCUT2D eigenvalue weighted by Gasteiger charge is -2.25. The number of amides is 1. The fourth-order valence-corrected chi connectivity index (χ4v) is 2.38. The van der Waals surface area contributed by atoms with E-state index in [-0.39, 0.29) is 5.91 Å². The molecule has 1 heterocycles. The Morgan fingerprint density at radius 1 is 1.24 bits per heavy atom. The molecule has 1 aromatic carbocycles. The van der Waals surface area contributed by atoms with Crippen LogP contribution < -0.4 is 5.32 Å². The minimum atomic E-state index is -4.32. The molecule has 116 valence electrons. The second kappa shape index (κ2) is 6.01. The van der Waals surface area contributed by atoms with Gasteiger partial charge in [0.25, 0.3) is 0 Å². The maximum absolute atomic E-state index is 12.9. The summed E-state index contributed by atoms with van der Waals surface area (Å²) in [6.07, 6.45) is -5.55. The number of halogens is 4. The fourth-order valence-electron chi connectivity index (χ4n) is 2.38. The second-order valence-corrected chi connectivity index (χ2v) is 4.98. The molecule has 3 nitrogen and oxygen atoms in total. The van der Waals surface area contributed by atoms with Crippen molar-refractivity contribution in [1.82, 2.24) is 10.2 Å². The quantitative estimate of drug-likeness (QED) is 0.867. The van der Waals surface area contributed by atoms with Crippen LogP contribution in [0.15, 0.2) is 24.3 Å². The van der Waals surface area contributed by atoms with Gasteiger partial charge in [0.15, 0.2) is 0 Å². The standard InChI is InChI=1S/C14H16F4N2O/c1-2-11-13(21)20(8-7-14(16,17)18)12(19-11)9-3-5-10(15)6-4-9/h3-6,11-12,19H,2,7-8H2,1H3. The Morgan fingerprint density at radius 2 is 1.86 bits per heavy atom. The zero-order chi connectivity index (χ0) is 15.6. The molecule has 1 amide bonds. The lowest BCUT2D eigenvalue weighted by atomic mass is 10.1. The third kappa shape index (κ3) is 3.72. The molecule has 1 aliphatic rings. The van der Waals surface area contributed by atoms with Crippen LogP contribution in [0, 0.1) is 5.82 Å². The Labute approximate surface area is 119 Å². The molecule has 1 aromatic rings. The predicted octanol–water partition coefficient (Wildman–Crippen LogP) is 2.99. The number of carbonyl (C=O) groups is 1. The number of benzene rings is 1. The van der Waals surface area contributed by atoms with Gasteiger partial charge in [-0.1, -0.05) is 19.1 Å². The monoisotopic (exact) mass is 304 g/mol. The Morgan fingerprint density at radius 3 is 2.38 bits per heavy atom. The first kappa shape index (κ1) is 15.8. The highest BCUT2D eigenvalue weighted by Crippen LogP contribution is 2.29. The highest BCUT2D eigenvalue weighted by Gasteiger charge is 2.40. The van der Waals surface area contributed by atoms with Gasteiger partial charge in [0.05, 0.1) is 12.5 Å². The molecule has 2 atom stereocenters. The Bertz CT molecular complexity index is 501. The minimum absolute atomic E-state index is 0.351. The summed E-state index contributed by atoms with van der Waals surface area (Å²) in [5.41, 5.74) is 0.572. The van der Waals surface area contributed by atoms with Gasteiger partial charge in [0.1, 0.15) is 12.0 Å². The van der Waals surface area contributed by atoms with Crippen molar-refractivity contribution in [2.24, 2.45) is 0 Å². The Kier molecular flexibility index (Phi) is 4.51. The summed E-state index contributed by atoms with van der Waals surface area (Å²) in [6, 6.07) is 4.89. The van der Waals surface area contributed by atoms with Crippen molar-refractivity contribution in [3.8, 4) is 0 Å². The zero-order valence-corrected chi connectivity index (χ0v) is 11.5. The maximum atomic E-state index is 12.9. The molecule has 2 unspecified atom stereocenters. The Hall–Kier alpha value is -1.63. The van der Waals surface area contributed by atoms with Gasteiger partial charge in [-0.15, -0.1) is 0 Å². The summed E-state index contributed by atoms with van der Waals surface area (Å²) in [5.74, 6) is -0.784. The van der Waals surface area contributed by atoms with Crippen molar-refractivity contribution >= 4 is 5.91 Å². The van der Waals surface area contributed by atoms with E-state index in [0.717, 1.165) is 0 Å². The number of nitrogens with one attached hydrogen (secondary N) is 1. The molecular weight excluding hydrogens is 288 g/mol. The van der Waals surface area contributed by atoms with Crippen molar-refractivity contribution in [3.63, 3.8) is 0 Å². The van der Waals surface area contributed by atoms with Crippen molar-refractivity contribution < 1.29 is 22.4 Å². The van der Waals surface area contributed by atoms with Crippen LogP contribution in [0.3, 0.4) is 0 Å². The van der Waals surface area contributed by atoms with E-state index in [9.17, 15) is 22.4 Å². The Balaban J connectivity index is 2.20. The van der Waals surface area contributed by atoms with Crippen LogP contribution in [-0.2, 0) is 4.79 Å². The number of hydrogen-bond acceptors (Lipinski definition) is 2. The molecule has 2 rings (SSSR count). The smallest absolute Gasteiger partial charge is 0.321 e. The van der Waals surface area contributed by atoms with Crippen LogP contribution in [0.1, 0.15) is 31.5 Å². The van der Waals surface area contributed by atoms with Gasteiger partial charge in [0.2, 0.25) is 5.91 Å². The first-order valence-corrected chi connectivity index (χ1v) is 6.70. The first-order valence-electron chi connectivity index (χ1n) is 6.70. The van der Waals surface area contributed by atoms with E-state index in [0.29, 0.717) is 12.0 Å².